The van der Waals surface area contributed by atoms with Crippen molar-refractivity contribution in [3.63, 3.8) is 0 Å². The van der Waals surface area contributed by atoms with Gasteiger partial charge in [-0.05, 0) is 37.0 Å². The number of amides is 1. The van der Waals surface area contributed by atoms with E-state index in [9.17, 15) is 9.18 Å². The molecule has 1 aromatic carbocycles. The molecule has 0 bridgehead atoms. The van der Waals surface area contributed by atoms with E-state index in [2.05, 4.69) is 0 Å². The summed E-state index contributed by atoms with van der Waals surface area (Å²) in [5, 5.41) is 0. The Labute approximate surface area is 121 Å². The van der Waals surface area contributed by atoms with E-state index in [0.29, 0.717) is 6.54 Å². The molecule has 4 heteroatoms. The fourth-order valence-electron chi connectivity index (χ4n) is 2.09. The number of rotatable bonds is 4. The molecule has 1 aromatic rings. The third-order valence-electron chi connectivity index (χ3n) is 3.64. The van der Waals surface area contributed by atoms with Crippen LogP contribution in [0.25, 0.3) is 0 Å². The minimum Gasteiger partial charge on any atom is -0.335 e. The summed E-state index contributed by atoms with van der Waals surface area (Å²) >= 11 is 0. The Hall–Kier alpha value is -1.42. The summed E-state index contributed by atoms with van der Waals surface area (Å²) < 4.78 is 13.0. The van der Waals surface area contributed by atoms with Gasteiger partial charge in [-0.15, -0.1) is 0 Å². The van der Waals surface area contributed by atoms with E-state index in [0.717, 1.165) is 5.56 Å². The van der Waals surface area contributed by atoms with E-state index < -0.39 is 6.04 Å². The topological polar surface area (TPSA) is 46.3 Å². The van der Waals surface area contributed by atoms with Crippen LogP contribution in [0.15, 0.2) is 24.3 Å². The Balaban J connectivity index is 2.95. The van der Waals surface area contributed by atoms with Gasteiger partial charge in [-0.3, -0.25) is 4.79 Å². The van der Waals surface area contributed by atoms with Gasteiger partial charge >= 0.3 is 0 Å². The van der Waals surface area contributed by atoms with Crippen molar-refractivity contribution in [1.82, 2.24) is 4.90 Å². The smallest absolute Gasteiger partial charge is 0.240 e. The lowest BCUT2D eigenvalue weighted by Crippen LogP contribution is -2.51. The molecule has 0 aliphatic rings. The van der Waals surface area contributed by atoms with E-state index in [-0.39, 0.29) is 23.2 Å². The number of hydrogen-bond acceptors (Lipinski definition) is 2. The third-order valence-corrected chi connectivity index (χ3v) is 3.64. The lowest BCUT2D eigenvalue weighted by molar-refractivity contribution is -0.136. The lowest BCUT2D eigenvalue weighted by Gasteiger charge is -2.35. The number of hydrogen-bond donors (Lipinski definition) is 1. The quantitative estimate of drug-likeness (QED) is 0.921. The van der Waals surface area contributed by atoms with Crippen molar-refractivity contribution in [3.05, 3.63) is 35.6 Å². The molecule has 0 aromatic heterocycles. The van der Waals surface area contributed by atoms with Crippen molar-refractivity contribution in [2.24, 2.45) is 11.1 Å². The highest BCUT2D eigenvalue weighted by molar-refractivity contribution is 5.82. The molecule has 0 spiro atoms. The van der Waals surface area contributed by atoms with E-state index in [1.54, 1.807) is 17.0 Å². The molecule has 0 saturated heterocycles. The molecule has 0 fully saturated rings. The van der Waals surface area contributed by atoms with Crippen LogP contribution >= 0.6 is 0 Å². The minimum atomic E-state index is -0.551. The van der Waals surface area contributed by atoms with Crippen molar-refractivity contribution in [2.75, 3.05) is 6.54 Å². The Bertz CT molecular complexity index is 451. The second kappa shape index (κ2) is 6.35. The van der Waals surface area contributed by atoms with Gasteiger partial charge in [0.05, 0.1) is 12.1 Å². The van der Waals surface area contributed by atoms with Gasteiger partial charge in [-0.2, -0.15) is 0 Å². The van der Waals surface area contributed by atoms with E-state index in [1.165, 1.54) is 12.1 Å². The largest absolute Gasteiger partial charge is 0.335 e. The molecule has 3 nitrogen and oxygen atoms in total. The van der Waals surface area contributed by atoms with Crippen molar-refractivity contribution < 1.29 is 9.18 Å². The van der Waals surface area contributed by atoms with Gasteiger partial charge in [0.15, 0.2) is 0 Å². The van der Waals surface area contributed by atoms with E-state index in [1.807, 2.05) is 34.6 Å². The molecule has 0 heterocycles. The Morgan fingerprint density at radius 1 is 1.30 bits per heavy atom. The maximum atomic E-state index is 13.0. The first-order valence-electron chi connectivity index (χ1n) is 7.00. The normalized spacial score (nSPS) is 14.8. The molecule has 2 N–H and O–H groups in total. The molecule has 112 valence electrons. The number of carbonyl (C=O) groups is 1. The van der Waals surface area contributed by atoms with Gasteiger partial charge in [-0.1, -0.05) is 32.9 Å². The number of likely N-dealkylation sites (N-methyl/N-ethyl adjacent to an activating group) is 1. The zero-order valence-corrected chi connectivity index (χ0v) is 13.0. The lowest BCUT2D eigenvalue weighted by atomic mass is 9.86. The van der Waals surface area contributed by atoms with Gasteiger partial charge in [0, 0.05) is 6.54 Å². The third kappa shape index (κ3) is 3.79. The SMILES string of the molecule is CCN(C(=O)[C@@H](N)C(C)(C)C)C(C)c1ccc(F)cc1. The molecule has 0 aliphatic carbocycles. The number of carbonyl (C=O) groups excluding carboxylic acids is 1. The maximum absolute atomic E-state index is 13.0. The zero-order chi connectivity index (χ0) is 15.5. The van der Waals surface area contributed by atoms with Crippen LogP contribution in [0.2, 0.25) is 0 Å². The van der Waals surface area contributed by atoms with E-state index >= 15 is 0 Å². The van der Waals surface area contributed by atoms with Crippen molar-refractivity contribution in [3.8, 4) is 0 Å². The highest BCUT2D eigenvalue weighted by Crippen LogP contribution is 2.25. The predicted octanol–water partition coefficient (Wildman–Crippen LogP) is 3.11. The maximum Gasteiger partial charge on any atom is 0.240 e. The second-order valence-corrected chi connectivity index (χ2v) is 6.20. The summed E-state index contributed by atoms with van der Waals surface area (Å²) in [6, 6.07) is 5.56. The van der Waals surface area contributed by atoms with Gasteiger partial charge < -0.3 is 10.6 Å². The van der Waals surface area contributed by atoms with Crippen molar-refractivity contribution >= 4 is 5.91 Å². The highest BCUT2D eigenvalue weighted by atomic mass is 19.1. The molecule has 20 heavy (non-hydrogen) atoms. The average Bonchev–Trinajstić information content (AvgIpc) is 2.38. The molecule has 1 unspecified atom stereocenters. The Kier molecular flexibility index (Phi) is 5.28. The van der Waals surface area contributed by atoms with Gasteiger partial charge in [0.1, 0.15) is 5.82 Å². The zero-order valence-electron chi connectivity index (χ0n) is 13.0. The number of benzene rings is 1. The van der Waals surface area contributed by atoms with Crippen molar-refractivity contribution in [2.45, 2.75) is 46.7 Å². The first-order valence-corrected chi connectivity index (χ1v) is 7.00. The Morgan fingerprint density at radius 2 is 1.80 bits per heavy atom. The average molecular weight is 280 g/mol. The Morgan fingerprint density at radius 3 is 2.20 bits per heavy atom. The van der Waals surface area contributed by atoms with Crippen LogP contribution in [0, 0.1) is 11.2 Å². The fourth-order valence-corrected chi connectivity index (χ4v) is 2.09. The minimum absolute atomic E-state index is 0.0724. The second-order valence-electron chi connectivity index (χ2n) is 6.20. The van der Waals surface area contributed by atoms with Crippen LogP contribution in [-0.4, -0.2) is 23.4 Å². The van der Waals surface area contributed by atoms with Crippen LogP contribution in [-0.2, 0) is 4.79 Å². The first kappa shape index (κ1) is 16.6. The van der Waals surface area contributed by atoms with Crippen LogP contribution < -0.4 is 5.73 Å². The summed E-state index contributed by atoms with van der Waals surface area (Å²) in [6.45, 7) is 10.3. The summed E-state index contributed by atoms with van der Waals surface area (Å²) in [6.07, 6.45) is 0. The molecule has 0 radical (unpaired) electrons. The highest BCUT2D eigenvalue weighted by Gasteiger charge is 2.32. The van der Waals surface area contributed by atoms with Crippen LogP contribution in [0.1, 0.15) is 46.2 Å². The van der Waals surface area contributed by atoms with Crippen molar-refractivity contribution in [1.29, 1.82) is 0 Å². The number of halogens is 1. The molecule has 1 rings (SSSR count). The van der Waals surface area contributed by atoms with Crippen LogP contribution in [0.4, 0.5) is 4.39 Å². The number of nitrogens with zero attached hydrogens (tertiary/aromatic N) is 1. The first-order chi connectivity index (χ1) is 9.18. The molecule has 0 aliphatic heterocycles. The van der Waals surface area contributed by atoms with Crippen LogP contribution in [0.5, 0.6) is 0 Å². The molecular weight excluding hydrogens is 255 g/mol. The van der Waals surface area contributed by atoms with Gasteiger partial charge in [-0.25, -0.2) is 4.39 Å². The van der Waals surface area contributed by atoms with Gasteiger partial charge in [0.2, 0.25) is 5.91 Å². The molecule has 2 atom stereocenters. The standard InChI is InChI=1S/C16H25FN2O/c1-6-19(15(20)14(18)16(3,4)5)11(2)12-7-9-13(17)10-8-12/h7-11,14H,6,18H2,1-5H3/t11?,14-/m1/s1. The fraction of sp³-hybridized carbons (Fsp3) is 0.562. The molecule has 1 amide bonds. The number of nitrogens with two attached hydrogens (primary N) is 1. The summed E-state index contributed by atoms with van der Waals surface area (Å²) in [4.78, 5) is 14.3. The van der Waals surface area contributed by atoms with E-state index in [4.69, 9.17) is 5.73 Å². The molecule has 0 saturated carbocycles. The summed E-state index contributed by atoms with van der Waals surface area (Å²) in [7, 11) is 0. The molecular formula is C16H25FN2O. The monoisotopic (exact) mass is 280 g/mol. The van der Waals surface area contributed by atoms with Gasteiger partial charge in [0.25, 0.3) is 0 Å². The predicted molar refractivity (Wildman–Crippen MR) is 79.6 cm³/mol. The summed E-state index contributed by atoms with van der Waals surface area (Å²) in [5.74, 6) is -0.349. The van der Waals surface area contributed by atoms with Crippen LogP contribution in [0.3, 0.4) is 0 Å². The summed E-state index contributed by atoms with van der Waals surface area (Å²) in [5.41, 5.74) is 6.68.